The van der Waals surface area contributed by atoms with Crippen molar-refractivity contribution < 1.29 is 14.3 Å². The molecule has 1 rings (SSSR count). The molecule has 0 aromatic carbocycles. The first-order valence-electron chi connectivity index (χ1n) is 3.40. The molecule has 0 radical (unpaired) electrons. The van der Waals surface area contributed by atoms with E-state index in [1.165, 1.54) is 18.4 Å². The molecular formula is C9H6O3S. The molecule has 0 aliphatic rings. The Morgan fingerprint density at radius 3 is 3.08 bits per heavy atom. The lowest BCUT2D eigenvalue weighted by Crippen LogP contribution is -1.94. The molecule has 0 saturated carbocycles. The number of aldehydes is 1. The molecule has 0 aliphatic heterocycles. The Hall–Kier alpha value is -1.60. The zero-order valence-corrected chi connectivity index (χ0v) is 7.68. The molecular weight excluding hydrogens is 188 g/mol. The number of hydrogen-bond acceptors (Lipinski definition) is 4. The van der Waals surface area contributed by atoms with Gasteiger partial charge in [0.1, 0.15) is 0 Å². The van der Waals surface area contributed by atoms with Gasteiger partial charge >= 0.3 is 5.97 Å². The zero-order chi connectivity index (χ0) is 9.68. The number of carbonyl (C=O) groups is 2. The summed E-state index contributed by atoms with van der Waals surface area (Å²) in [6.45, 7) is 0. The van der Waals surface area contributed by atoms with Crippen LogP contribution < -0.4 is 0 Å². The van der Waals surface area contributed by atoms with Crippen molar-refractivity contribution in [3.8, 4) is 11.8 Å². The molecule has 1 aromatic heterocycles. The number of ether oxygens (including phenoxy) is 1. The van der Waals surface area contributed by atoms with E-state index in [0.29, 0.717) is 16.7 Å². The minimum Gasteiger partial charge on any atom is -0.459 e. The van der Waals surface area contributed by atoms with Gasteiger partial charge in [0.25, 0.3) is 0 Å². The average molecular weight is 194 g/mol. The summed E-state index contributed by atoms with van der Waals surface area (Å²) in [4.78, 5) is 21.6. The van der Waals surface area contributed by atoms with Crippen LogP contribution in [-0.2, 0) is 9.53 Å². The first-order chi connectivity index (χ1) is 6.27. The standard InChI is InChI=1S/C9H6O3S/c1-12-9(11)3-2-7-4-5-13-8(7)6-10/h4-6H,1H3. The number of carbonyl (C=O) groups excluding carboxylic acids is 2. The summed E-state index contributed by atoms with van der Waals surface area (Å²) < 4.78 is 4.32. The number of methoxy groups -OCH3 is 1. The van der Waals surface area contributed by atoms with Crippen molar-refractivity contribution >= 4 is 23.6 Å². The summed E-state index contributed by atoms with van der Waals surface area (Å²) in [5, 5.41) is 1.74. The third-order valence-electron chi connectivity index (χ3n) is 1.29. The second kappa shape index (κ2) is 4.43. The van der Waals surface area contributed by atoms with E-state index in [0.717, 1.165) is 0 Å². The Bertz CT molecular complexity index is 381. The van der Waals surface area contributed by atoms with Gasteiger partial charge in [0.2, 0.25) is 0 Å². The minimum atomic E-state index is -0.608. The zero-order valence-electron chi connectivity index (χ0n) is 6.87. The van der Waals surface area contributed by atoms with E-state index in [1.54, 1.807) is 11.4 Å². The Morgan fingerprint density at radius 2 is 2.46 bits per heavy atom. The largest absolute Gasteiger partial charge is 0.459 e. The summed E-state index contributed by atoms with van der Waals surface area (Å²) in [5.74, 6) is 4.19. The van der Waals surface area contributed by atoms with Crippen molar-refractivity contribution in [3.63, 3.8) is 0 Å². The Kier molecular flexibility index (Phi) is 3.23. The monoisotopic (exact) mass is 194 g/mol. The fraction of sp³-hybridized carbons (Fsp3) is 0.111. The van der Waals surface area contributed by atoms with Crippen LogP contribution in [0.4, 0.5) is 0 Å². The highest BCUT2D eigenvalue weighted by Crippen LogP contribution is 2.12. The van der Waals surface area contributed by atoms with E-state index in [2.05, 4.69) is 16.6 Å². The van der Waals surface area contributed by atoms with E-state index >= 15 is 0 Å². The van der Waals surface area contributed by atoms with Crippen LogP contribution >= 0.6 is 11.3 Å². The number of hydrogen-bond donors (Lipinski definition) is 0. The molecule has 0 saturated heterocycles. The topological polar surface area (TPSA) is 43.4 Å². The van der Waals surface area contributed by atoms with Crippen molar-refractivity contribution in [2.24, 2.45) is 0 Å². The van der Waals surface area contributed by atoms with Crippen LogP contribution in [0.15, 0.2) is 11.4 Å². The van der Waals surface area contributed by atoms with Crippen LogP contribution in [0.1, 0.15) is 15.2 Å². The molecule has 0 atom stereocenters. The van der Waals surface area contributed by atoms with E-state index in [9.17, 15) is 9.59 Å². The average Bonchev–Trinajstić information content (AvgIpc) is 2.61. The van der Waals surface area contributed by atoms with Gasteiger partial charge in [0, 0.05) is 11.5 Å². The Balaban J connectivity index is 2.88. The predicted octanol–water partition coefficient (Wildman–Crippen LogP) is 1.09. The summed E-state index contributed by atoms with van der Waals surface area (Å²) in [6.07, 6.45) is 0.714. The molecule has 0 aliphatic carbocycles. The third kappa shape index (κ3) is 2.42. The van der Waals surface area contributed by atoms with Gasteiger partial charge in [-0.15, -0.1) is 11.3 Å². The van der Waals surface area contributed by atoms with Crippen LogP contribution in [0.25, 0.3) is 0 Å². The van der Waals surface area contributed by atoms with Gasteiger partial charge in [0.15, 0.2) is 6.29 Å². The van der Waals surface area contributed by atoms with Crippen LogP contribution in [0.5, 0.6) is 0 Å². The van der Waals surface area contributed by atoms with Gasteiger partial charge in [-0.05, 0) is 11.4 Å². The Labute approximate surface area is 79.3 Å². The van der Waals surface area contributed by atoms with Gasteiger partial charge in [-0.3, -0.25) is 4.79 Å². The maximum absolute atomic E-state index is 10.6. The van der Waals surface area contributed by atoms with Crippen LogP contribution in [0.3, 0.4) is 0 Å². The molecule has 0 amide bonds. The highest BCUT2D eigenvalue weighted by atomic mass is 32.1. The van der Waals surface area contributed by atoms with E-state index in [1.807, 2.05) is 0 Å². The number of rotatable bonds is 1. The highest BCUT2D eigenvalue weighted by molar-refractivity contribution is 7.11. The van der Waals surface area contributed by atoms with Crippen LogP contribution in [0.2, 0.25) is 0 Å². The first-order valence-corrected chi connectivity index (χ1v) is 4.28. The normalized spacial score (nSPS) is 8.38. The lowest BCUT2D eigenvalue weighted by atomic mass is 10.3. The minimum absolute atomic E-state index is 0.524. The number of esters is 1. The van der Waals surface area contributed by atoms with Crippen molar-refractivity contribution in [3.05, 3.63) is 21.9 Å². The predicted molar refractivity (Wildman–Crippen MR) is 48.6 cm³/mol. The molecule has 0 unspecified atom stereocenters. The van der Waals surface area contributed by atoms with Crippen molar-refractivity contribution in [1.82, 2.24) is 0 Å². The SMILES string of the molecule is COC(=O)C#Cc1ccsc1C=O. The van der Waals surface area contributed by atoms with Gasteiger partial charge in [-0.2, -0.15) is 0 Å². The van der Waals surface area contributed by atoms with E-state index in [4.69, 9.17) is 0 Å². The summed E-state index contributed by atoms with van der Waals surface area (Å²) in [5.41, 5.74) is 0.561. The molecule has 0 N–H and O–H groups in total. The van der Waals surface area contributed by atoms with Crippen molar-refractivity contribution in [1.29, 1.82) is 0 Å². The van der Waals surface area contributed by atoms with Crippen LogP contribution in [-0.4, -0.2) is 19.4 Å². The van der Waals surface area contributed by atoms with Gasteiger partial charge in [0.05, 0.1) is 12.0 Å². The Morgan fingerprint density at radius 1 is 1.69 bits per heavy atom. The molecule has 1 heterocycles. The maximum atomic E-state index is 10.6. The molecule has 3 nitrogen and oxygen atoms in total. The quantitative estimate of drug-likeness (QED) is 0.382. The molecule has 0 fully saturated rings. The second-order valence-corrected chi connectivity index (χ2v) is 3.01. The smallest absolute Gasteiger partial charge is 0.384 e. The molecule has 0 spiro atoms. The fourth-order valence-electron chi connectivity index (χ4n) is 0.685. The van der Waals surface area contributed by atoms with Crippen molar-refractivity contribution in [2.75, 3.05) is 7.11 Å². The van der Waals surface area contributed by atoms with Crippen molar-refractivity contribution in [2.45, 2.75) is 0 Å². The first kappa shape index (κ1) is 9.49. The molecule has 13 heavy (non-hydrogen) atoms. The summed E-state index contributed by atoms with van der Waals surface area (Å²) >= 11 is 1.29. The molecule has 1 aromatic rings. The maximum Gasteiger partial charge on any atom is 0.384 e. The second-order valence-electron chi connectivity index (χ2n) is 2.06. The summed E-state index contributed by atoms with van der Waals surface area (Å²) in [7, 11) is 1.26. The lowest BCUT2D eigenvalue weighted by molar-refractivity contribution is -0.133. The molecule has 4 heteroatoms. The lowest BCUT2D eigenvalue weighted by Gasteiger charge is -1.85. The highest BCUT2D eigenvalue weighted by Gasteiger charge is 1.99. The molecule has 66 valence electrons. The summed E-state index contributed by atoms with van der Waals surface area (Å²) in [6, 6.07) is 1.68. The van der Waals surface area contributed by atoms with Gasteiger partial charge in [-0.25, -0.2) is 4.79 Å². The fourth-order valence-corrected chi connectivity index (χ4v) is 1.34. The molecule has 0 bridgehead atoms. The van der Waals surface area contributed by atoms with Gasteiger partial charge in [-0.1, -0.05) is 5.92 Å². The number of thiophene rings is 1. The van der Waals surface area contributed by atoms with Gasteiger partial charge < -0.3 is 4.74 Å². The van der Waals surface area contributed by atoms with E-state index < -0.39 is 5.97 Å². The third-order valence-corrected chi connectivity index (χ3v) is 2.13. The van der Waals surface area contributed by atoms with E-state index in [-0.39, 0.29) is 0 Å². The van der Waals surface area contributed by atoms with Crippen LogP contribution in [0, 0.1) is 11.8 Å².